The molecule has 1 saturated heterocycles. The summed E-state index contributed by atoms with van der Waals surface area (Å²) in [6.45, 7) is 4.21. The fraction of sp³-hybridized carbons (Fsp3) is 0.261. The predicted molar refractivity (Wildman–Crippen MR) is 109 cm³/mol. The number of para-hydroxylation sites is 1. The van der Waals surface area contributed by atoms with Crippen LogP contribution in [-0.2, 0) is 6.42 Å². The lowest BCUT2D eigenvalue weighted by atomic mass is 10.1. The number of hydrogen-bond acceptors (Lipinski definition) is 3. The van der Waals surface area contributed by atoms with E-state index < -0.39 is 0 Å². The summed E-state index contributed by atoms with van der Waals surface area (Å²) >= 11 is 0. The molecule has 5 heteroatoms. The van der Waals surface area contributed by atoms with Gasteiger partial charge in [-0.2, -0.15) is 0 Å². The summed E-state index contributed by atoms with van der Waals surface area (Å²) in [5, 5.41) is 1.02. The zero-order valence-electron chi connectivity index (χ0n) is 16.0. The number of amides is 2. The molecule has 1 aromatic heterocycles. The molecule has 0 saturated carbocycles. The average molecular weight is 373 g/mol. The number of nitrogens with zero attached hydrogens (tertiary/aromatic N) is 3. The highest BCUT2D eigenvalue weighted by Gasteiger charge is 2.26. The Morgan fingerprint density at radius 3 is 2.14 bits per heavy atom. The maximum atomic E-state index is 12.8. The largest absolute Gasteiger partial charge is 0.335 e. The number of hydrogen-bond donors (Lipinski definition) is 0. The molecule has 0 aliphatic carbocycles. The van der Waals surface area contributed by atoms with Crippen LogP contribution in [0.2, 0.25) is 0 Å². The van der Waals surface area contributed by atoms with Gasteiger partial charge < -0.3 is 9.80 Å². The van der Waals surface area contributed by atoms with Crippen molar-refractivity contribution in [1.82, 2.24) is 14.8 Å². The van der Waals surface area contributed by atoms with E-state index in [0.29, 0.717) is 37.4 Å². The van der Waals surface area contributed by atoms with Crippen molar-refractivity contribution in [2.24, 2.45) is 0 Å². The van der Waals surface area contributed by atoms with Crippen LogP contribution in [0.4, 0.5) is 0 Å². The molecule has 2 aromatic carbocycles. The van der Waals surface area contributed by atoms with Crippen molar-refractivity contribution in [3.05, 3.63) is 77.5 Å². The van der Waals surface area contributed by atoms with E-state index in [0.717, 1.165) is 17.3 Å². The highest BCUT2D eigenvalue weighted by molar-refractivity contribution is 5.96. The van der Waals surface area contributed by atoms with Gasteiger partial charge in [-0.05, 0) is 36.2 Å². The standard InChI is InChI=1S/C23H23N3O2/c1-2-17-7-9-19(10-8-17)22(27)25-13-15-26(16-14-25)23(28)21-12-11-18-5-3-4-6-20(18)24-21/h3-12H,2,13-16H2,1H3. The van der Waals surface area contributed by atoms with E-state index in [2.05, 4.69) is 11.9 Å². The molecule has 1 fully saturated rings. The quantitative estimate of drug-likeness (QED) is 0.707. The van der Waals surface area contributed by atoms with Crippen LogP contribution < -0.4 is 0 Å². The zero-order chi connectivity index (χ0) is 19.5. The van der Waals surface area contributed by atoms with Gasteiger partial charge in [-0.25, -0.2) is 4.98 Å². The second-order valence-electron chi connectivity index (χ2n) is 7.02. The van der Waals surface area contributed by atoms with Gasteiger partial charge in [0.05, 0.1) is 5.52 Å². The van der Waals surface area contributed by atoms with Gasteiger partial charge in [0.25, 0.3) is 11.8 Å². The summed E-state index contributed by atoms with van der Waals surface area (Å²) in [5.74, 6) is -0.0521. The number of aromatic nitrogens is 1. The molecular formula is C23H23N3O2. The Morgan fingerprint density at radius 2 is 1.46 bits per heavy atom. The Labute approximate surface area is 164 Å². The Kier molecular flexibility index (Phi) is 5.06. The van der Waals surface area contributed by atoms with Gasteiger partial charge in [0.1, 0.15) is 5.69 Å². The second-order valence-corrected chi connectivity index (χ2v) is 7.02. The number of piperazine rings is 1. The van der Waals surface area contributed by atoms with Crippen LogP contribution in [0.3, 0.4) is 0 Å². The highest BCUT2D eigenvalue weighted by Crippen LogP contribution is 2.15. The molecule has 5 nitrogen and oxygen atoms in total. The number of aryl methyl sites for hydroxylation is 1. The molecule has 0 spiro atoms. The number of rotatable bonds is 3. The van der Waals surface area contributed by atoms with E-state index in [-0.39, 0.29) is 11.8 Å². The van der Waals surface area contributed by atoms with Crippen molar-refractivity contribution in [2.75, 3.05) is 26.2 Å². The topological polar surface area (TPSA) is 53.5 Å². The number of carbonyl (C=O) groups is 2. The van der Waals surface area contributed by atoms with Crippen LogP contribution in [0.1, 0.15) is 33.3 Å². The number of pyridine rings is 1. The maximum absolute atomic E-state index is 12.8. The van der Waals surface area contributed by atoms with Crippen molar-refractivity contribution in [3.63, 3.8) is 0 Å². The Morgan fingerprint density at radius 1 is 0.821 bits per heavy atom. The van der Waals surface area contributed by atoms with Crippen LogP contribution in [0, 0.1) is 0 Å². The summed E-state index contributed by atoms with van der Waals surface area (Å²) < 4.78 is 0. The Hall–Kier alpha value is -3.21. The van der Waals surface area contributed by atoms with E-state index in [4.69, 9.17) is 0 Å². The molecule has 0 atom stereocenters. The van der Waals surface area contributed by atoms with E-state index in [1.165, 1.54) is 5.56 Å². The monoisotopic (exact) mass is 373 g/mol. The van der Waals surface area contributed by atoms with E-state index in [9.17, 15) is 9.59 Å². The van der Waals surface area contributed by atoms with Crippen LogP contribution in [0.15, 0.2) is 60.7 Å². The fourth-order valence-corrected chi connectivity index (χ4v) is 3.53. The third-order valence-electron chi connectivity index (χ3n) is 5.28. The zero-order valence-corrected chi connectivity index (χ0v) is 16.0. The summed E-state index contributed by atoms with van der Waals surface area (Å²) in [5.41, 5.74) is 3.19. The number of fused-ring (bicyclic) bond motifs is 1. The first-order valence-corrected chi connectivity index (χ1v) is 9.69. The molecular weight excluding hydrogens is 350 g/mol. The molecule has 142 valence electrons. The predicted octanol–water partition coefficient (Wildman–Crippen LogP) is 3.40. The van der Waals surface area contributed by atoms with E-state index in [1.54, 1.807) is 11.0 Å². The SMILES string of the molecule is CCc1ccc(C(=O)N2CCN(C(=O)c3ccc4ccccc4n3)CC2)cc1. The van der Waals surface area contributed by atoms with Gasteiger partial charge in [-0.15, -0.1) is 0 Å². The van der Waals surface area contributed by atoms with Crippen LogP contribution in [-0.4, -0.2) is 52.8 Å². The van der Waals surface area contributed by atoms with E-state index >= 15 is 0 Å². The van der Waals surface area contributed by atoms with Gasteiger partial charge in [-0.3, -0.25) is 9.59 Å². The summed E-state index contributed by atoms with van der Waals surface area (Å²) in [6.07, 6.45) is 0.956. The minimum Gasteiger partial charge on any atom is -0.335 e. The van der Waals surface area contributed by atoms with Gasteiger partial charge in [0.15, 0.2) is 0 Å². The molecule has 28 heavy (non-hydrogen) atoms. The van der Waals surface area contributed by atoms with Crippen LogP contribution in [0.25, 0.3) is 10.9 Å². The normalized spacial score (nSPS) is 14.3. The maximum Gasteiger partial charge on any atom is 0.272 e. The molecule has 1 aliphatic rings. The molecule has 4 rings (SSSR count). The molecule has 1 aliphatic heterocycles. The van der Waals surface area contributed by atoms with E-state index in [1.807, 2.05) is 59.5 Å². The first-order valence-electron chi connectivity index (χ1n) is 9.69. The molecule has 0 unspecified atom stereocenters. The smallest absolute Gasteiger partial charge is 0.272 e. The second kappa shape index (κ2) is 7.80. The fourth-order valence-electron chi connectivity index (χ4n) is 3.53. The molecule has 0 N–H and O–H groups in total. The van der Waals surface area contributed by atoms with Crippen molar-refractivity contribution in [3.8, 4) is 0 Å². The molecule has 0 bridgehead atoms. The third-order valence-corrected chi connectivity index (χ3v) is 5.28. The lowest BCUT2D eigenvalue weighted by Gasteiger charge is -2.34. The number of benzene rings is 2. The first kappa shape index (κ1) is 18.2. The van der Waals surface area contributed by atoms with Crippen molar-refractivity contribution in [2.45, 2.75) is 13.3 Å². The molecule has 2 heterocycles. The van der Waals surface area contributed by atoms with Crippen molar-refractivity contribution < 1.29 is 9.59 Å². The highest BCUT2D eigenvalue weighted by atomic mass is 16.2. The summed E-state index contributed by atoms with van der Waals surface area (Å²) in [6, 6.07) is 19.2. The lowest BCUT2D eigenvalue weighted by Crippen LogP contribution is -2.50. The summed E-state index contributed by atoms with van der Waals surface area (Å²) in [7, 11) is 0. The average Bonchev–Trinajstić information content (AvgIpc) is 2.78. The van der Waals surface area contributed by atoms with Gasteiger partial charge in [0.2, 0.25) is 0 Å². The number of carbonyl (C=O) groups excluding carboxylic acids is 2. The lowest BCUT2D eigenvalue weighted by molar-refractivity contribution is 0.0532. The summed E-state index contributed by atoms with van der Waals surface area (Å²) in [4.78, 5) is 33.6. The van der Waals surface area contributed by atoms with Crippen molar-refractivity contribution >= 4 is 22.7 Å². The molecule has 0 radical (unpaired) electrons. The molecule has 2 amide bonds. The van der Waals surface area contributed by atoms with Gasteiger partial charge >= 0.3 is 0 Å². The van der Waals surface area contributed by atoms with Gasteiger partial charge in [-0.1, -0.05) is 43.3 Å². The minimum absolute atomic E-state index is 0.0265. The van der Waals surface area contributed by atoms with Gasteiger partial charge in [0, 0.05) is 37.1 Å². The van der Waals surface area contributed by atoms with Crippen LogP contribution in [0.5, 0.6) is 0 Å². The van der Waals surface area contributed by atoms with Crippen molar-refractivity contribution in [1.29, 1.82) is 0 Å². The van der Waals surface area contributed by atoms with Crippen LogP contribution >= 0.6 is 0 Å². The molecule has 3 aromatic rings. The first-order chi connectivity index (χ1) is 13.7. The minimum atomic E-state index is -0.0786. The Bertz CT molecular complexity index is 1010. The third kappa shape index (κ3) is 3.60. The Balaban J connectivity index is 1.41.